The highest BCUT2D eigenvalue weighted by Crippen LogP contribution is 2.44. The molecule has 4 rings (SSSR count). The first kappa shape index (κ1) is 17.0. The minimum atomic E-state index is 0.556. The SMILES string of the molecule is COc1ccc(-c2ccc3nc(-c4ccccc4)oc3c2)c(OC)c1OC. The Labute approximate surface area is 157 Å². The topological polar surface area (TPSA) is 53.7 Å². The minimum Gasteiger partial charge on any atom is -0.493 e. The van der Waals surface area contributed by atoms with Crippen LogP contribution in [0.4, 0.5) is 0 Å². The Morgan fingerprint density at radius 2 is 1.52 bits per heavy atom. The van der Waals surface area contributed by atoms with Crippen molar-refractivity contribution in [2.75, 3.05) is 21.3 Å². The fourth-order valence-electron chi connectivity index (χ4n) is 3.12. The highest BCUT2D eigenvalue weighted by Gasteiger charge is 2.18. The number of methoxy groups -OCH3 is 3. The normalized spacial score (nSPS) is 10.8. The summed E-state index contributed by atoms with van der Waals surface area (Å²) in [5.74, 6) is 2.38. The maximum atomic E-state index is 5.98. The van der Waals surface area contributed by atoms with Gasteiger partial charge in [0.1, 0.15) is 5.52 Å². The van der Waals surface area contributed by atoms with E-state index in [1.165, 1.54) is 0 Å². The second-order valence-corrected chi connectivity index (χ2v) is 5.95. The van der Waals surface area contributed by atoms with Crippen LogP contribution in [-0.2, 0) is 0 Å². The van der Waals surface area contributed by atoms with Crippen LogP contribution in [0.2, 0.25) is 0 Å². The van der Waals surface area contributed by atoms with Crippen LogP contribution >= 0.6 is 0 Å². The Bertz CT molecular complexity index is 1090. The summed E-state index contributed by atoms with van der Waals surface area (Å²) in [4.78, 5) is 4.58. The fraction of sp³-hybridized carbons (Fsp3) is 0.136. The van der Waals surface area contributed by atoms with E-state index >= 15 is 0 Å². The Kier molecular flexibility index (Phi) is 4.42. The minimum absolute atomic E-state index is 0.556. The molecule has 136 valence electrons. The van der Waals surface area contributed by atoms with E-state index in [1.807, 2.05) is 60.7 Å². The van der Waals surface area contributed by atoms with Gasteiger partial charge in [0.25, 0.3) is 0 Å². The van der Waals surface area contributed by atoms with Crippen LogP contribution in [0.25, 0.3) is 33.7 Å². The van der Waals surface area contributed by atoms with E-state index in [0.717, 1.165) is 22.2 Å². The number of nitrogens with zero attached hydrogens (tertiary/aromatic N) is 1. The van der Waals surface area contributed by atoms with Gasteiger partial charge in [0.15, 0.2) is 17.1 Å². The van der Waals surface area contributed by atoms with Crippen molar-refractivity contribution in [3.05, 3.63) is 60.7 Å². The van der Waals surface area contributed by atoms with Crippen LogP contribution < -0.4 is 14.2 Å². The number of ether oxygens (including phenoxy) is 3. The van der Waals surface area contributed by atoms with E-state index in [1.54, 1.807) is 21.3 Å². The molecule has 0 aliphatic rings. The van der Waals surface area contributed by atoms with Gasteiger partial charge in [-0.15, -0.1) is 0 Å². The standard InChI is InChI=1S/C22H19NO4/c1-24-18-12-10-16(20(25-2)21(18)26-3)15-9-11-17-19(13-15)27-22(23-17)14-7-5-4-6-8-14/h4-13H,1-3H3. The van der Waals surface area contributed by atoms with E-state index in [9.17, 15) is 0 Å². The molecule has 0 atom stereocenters. The second-order valence-electron chi connectivity index (χ2n) is 5.95. The lowest BCUT2D eigenvalue weighted by molar-refractivity contribution is 0.325. The Morgan fingerprint density at radius 1 is 0.741 bits per heavy atom. The van der Waals surface area contributed by atoms with Gasteiger partial charge in [-0.1, -0.05) is 24.3 Å². The zero-order valence-electron chi connectivity index (χ0n) is 15.4. The summed E-state index contributed by atoms with van der Waals surface area (Å²) in [5, 5.41) is 0. The number of aromatic nitrogens is 1. The van der Waals surface area contributed by atoms with E-state index in [0.29, 0.717) is 28.7 Å². The summed E-state index contributed by atoms with van der Waals surface area (Å²) in [6.45, 7) is 0. The molecular weight excluding hydrogens is 342 g/mol. The number of fused-ring (bicyclic) bond motifs is 1. The number of benzene rings is 3. The van der Waals surface area contributed by atoms with Crippen molar-refractivity contribution in [2.45, 2.75) is 0 Å². The Hall–Kier alpha value is -3.47. The largest absolute Gasteiger partial charge is 0.493 e. The third-order valence-electron chi connectivity index (χ3n) is 4.42. The molecular formula is C22H19NO4. The van der Waals surface area contributed by atoms with E-state index in [2.05, 4.69) is 4.98 Å². The summed E-state index contributed by atoms with van der Waals surface area (Å²) >= 11 is 0. The lowest BCUT2D eigenvalue weighted by Crippen LogP contribution is -1.96. The molecule has 5 nitrogen and oxygen atoms in total. The van der Waals surface area contributed by atoms with Crippen molar-refractivity contribution in [1.29, 1.82) is 0 Å². The van der Waals surface area contributed by atoms with Gasteiger partial charge >= 0.3 is 0 Å². The van der Waals surface area contributed by atoms with Crippen LogP contribution in [0.3, 0.4) is 0 Å². The number of hydrogen-bond acceptors (Lipinski definition) is 5. The summed E-state index contributed by atoms with van der Waals surface area (Å²) in [6, 6.07) is 19.5. The first-order chi connectivity index (χ1) is 13.2. The Morgan fingerprint density at radius 3 is 2.22 bits per heavy atom. The molecule has 0 fully saturated rings. The van der Waals surface area contributed by atoms with Gasteiger partial charge in [0.2, 0.25) is 11.6 Å². The molecule has 0 bridgehead atoms. The summed E-state index contributed by atoms with van der Waals surface area (Å²) in [7, 11) is 4.81. The van der Waals surface area contributed by atoms with Gasteiger partial charge in [0, 0.05) is 11.1 Å². The highest BCUT2D eigenvalue weighted by atomic mass is 16.5. The predicted molar refractivity (Wildman–Crippen MR) is 105 cm³/mol. The van der Waals surface area contributed by atoms with E-state index in [4.69, 9.17) is 18.6 Å². The molecule has 0 N–H and O–H groups in total. The summed E-state index contributed by atoms with van der Waals surface area (Å²) in [5.41, 5.74) is 4.28. The molecule has 0 aliphatic carbocycles. The van der Waals surface area contributed by atoms with Crippen LogP contribution in [0.15, 0.2) is 65.1 Å². The lowest BCUT2D eigenvalue weighted by atomic mass is 10.0. The quantitative estimate of drug-likeness (QED) is 0.490. The average molecular weight is 361 g/mol. The van der Waals surface area contributed by atoms with Gasteiger partial charge in [-0.2, -0.15) is 0 Å². The molecule has 3 aromatic carbocycles. The molecule has 5 heteroatoms. The highest BCUT2D eigenvalue weighted by molar-refractivity contribution is 5.85. The zero-order valence-corrected chi connectivity index (χ0v) is 15.4. The maximum Gasteiger partial charge on any atom is 0.227 e. The molecule has 0 spiro atoms. The van der Waals surface area contributed by atoms with Crippen molar-refractivity contribution in [3.63, 3.8) is 0 Å². The molecule has 0 unspecified atom stereocenters. The number of hydrogen-bond donors (Lipinski definition) is 0. The third-order valence-corrected chi connectivity index (χ3v) is 4.42. The maximum absolute atomic E-state index is 5.98. The molecule has 0 amide bonds. The van der Waals surface area contributed by atoms with E-state index < -0.39 is 0 Å². The smallest absolute Gasteiger partial charge is 0.227 e. The van der Waals surface area contributed by atoms with Crippen molar-refractivity contribution in [2.24, 2.45) is 0 Å². The fourth-order valence-corrected chi connectivity index (χ4v) is 3.12. The zero-order chi connectivity index (χ0) is 18.8. The molecule has 0 saturated heterocycles. The van der Waals surface area contributed by atoms with Crippen molar-refractivity contribution in [3.8, 4) is 39.8 Å². The summed E-state index contributed by atoms with van der Waals surface area (Å²) < 4.78 is 22.4. The van der Waals surface area contributed by atoms with Gasteiger partial charge in [0.05, 0.1) is 21.3 Å². The molecule has 0 saturated carbocycles. The molecule has 0 aliphatic heterocycles. The van der Waals surface area contributed by atoms with Crippen molar-refractivity contribution in [1.82, 2.24) is 4.98 Å². The second kappa shape index (κ2) is 7.03. The molecule has 1 heterocycles. The molecule has 27 heavy (non-hydrogen) atoms. The van der Waals surface area contributed by atoms with Crippen molar-refractivity contribution >= 4 is 11.1 Å². The van der Waals surface area contributed by atoms with Crippen molar-refractivity contribution < 1.29 is 18.6 Å². The third kappa shape index (κ3) is 2.97. The number of rotatable bonds is 5. The molecule has 0 radical (unpaired) electrons. The van der Waals surface area contributed by atoms with Crippen LogP contribution in [0, 0.1) is 0 Å². The van der Waals surface area contributed by atoms with E-state index in [-0.39, 0.29) is 0 Å². The molecule has 1 aromatic heterocycles. The van der Waals surface area contributed by atoms with Gasteiger partial charge in [-0.05, 0) is 42.0 Å². The Balaban J connectivity index is 1.83. The van der Waals surface area contributed by atoms with Crippen LogP contribution in [-0.4, -0.2) is 26.3 Å². The monoisotopic (exact) mass is 361 g/mol. The lowest BCUT2D eigenvalue weighted by Gasteiger charge is -2.15. The average Bonchev–Trinajstić information content (AvgIpc) is 3.16. The van der Waals surface area contributed by atoms with Gasteiger partial charge < -0.3 is 18.6 Å². The first-order valence-corrected chi connectivity index (χ1v) is 8.50. The summed E-state index contributed by atoms with van der Waals surface area (Å²) in [6.07, 6.45) is 0. The van der Waals surface area contributed by atoms with Gasteiger partial charge in [-0.25, -0.2) is 4.98 Å². The predicted octanol–water partition coefficient (Wildman–Crippen LogP) is 5.19. The number of oxazole rings is 1. The van der Waals surface area contributed by atoms with Crippen LogP contribution in [0.1, 0.15) is 0 Å². The first-order valence-electron chi connectivity index (χ1n) is 8.50. The van der Waals surface area contributed by atoms with Gasteiger partial charge in [-0.3, -0.25) is 0 Å². The molecule has 4 aromatic rings. The van der Waals surface area contributed by atoms with Crippen LogP contribution in [0.5, 0.6) is 17.2 Å².